The van der Waals surface area contributed by atoms with Gasteiger partial charge in [-0.25, -0.2) is 4.99 Å². The molecule has 0 bridgehead atoms. The third kappa shape index (κ3) is 5.70. The van der Waals surface area contributed by atoms with Gasteiger partial charge < -0.3 is 15.3 Å². The molecule has 14 heteroatoms. The Balaban J connectivity index is 1.64. The van der Waals surface area contributed by atoms with Crippen molar-refractivity contribution in [2.75, 3.05) is 15.1 Å². The number of aliphatic hydroxyl groups is 1. The van der Waals surface area contributed by atoms with Gasteiger partial charge in [-0.3, -0.25) is 4.90 Å². The molecule has 3 aromatic rings. The predicted octanol–water partition coefficient (Wildman–Crippen LogP) is 7.48. The number of hydrogen-bond donors (Lipinski definition) is 2. The molecule has 3 aromatic carbocycles. The molecule has 0 unspecified atom stereocenters. The van der Waals surface area contributed by atoms with Crippen LogP contribution in [0.25, 0.3) is 0 Å². The monoisotopic (exact) mass is 640 g/mol. The Labute approximate surface area is 258 Å². The number of rotatable bonds is 4. The summed E-state index contributed by atoms with van der Waals surface area (Å²) in [6.07, 6.45) is -7.97. The number of halogens is 6. The summed E-state index contributed by atoms with van der Waals surface area (Å²) in [6.45, 7) is 3.97. The van der Waals surface area contributed by atoms with Gasteiger partial charge in [-0.1, -0.05) is 18.7 Å². The quantitative estimate of drug-likeness (QED) is 0.226. The highest BCUT2D eigenvalue weighted by Crippen LogP contribution is 2.51. The lowest BCUT2D eigenvalue weighted by molar-refractivity contribution is -0.138. The number of nitrogens with zero attached hydrogens (tertiary/aromatic N) is 5. The van der Waals surface area contributed by atoms with E-state index in [1.165, 1.54) is 23.1 Å². The summed E-state index contributed by atoms with van der Waals surface area (Å²) in [7, 11) is 0. The predicted molar refractivity (Wildman–Crippen MR) is 159 cm³/mol. The molecule has 45 heavy (non-hydrogen) atoms. The molecular weight excluding hydrogens is 618 g/mol. The highest BCUT2D eigenvalue weighted by molar-refractivity contribution is 7.80. The molecule has 0 amide bonds. The first-order chi connectivity index (χ1) is 21.2. The van der Waals surface area contributed by atoms with Crippen LogP contribution in [0.2, 0.25) is 0 Å². The molecule has 0 aromatic heterocycles. The van der Waals surface area contributed by atoms with Crippen LogP contribution in [-0.4, -0.2) is 21.6 Å². The highest BCUT2D eigenvalue weighted by atomic mass is 32.1. The first-order valence-electron chi connectivity index (χ1n) is 13.4. The fraction of sp³-hybridized carbons (Fsp3) is 0.226. The summed E-state index contributed by atoms with van der Waals surface area (Å²) in [4.78, 5) is 7.77. The van der Waals surface area contributed by atoms with Gasteiger partial charge in [-0.05, 0) is 85.6 Å². The maximum Gasteiger partial charge on any atom is 0.417 e. The largest absolute Gasteiger partial charge is 0.417 e. The van der Waals surface area contributed by atoms with Crippen LogP contribution < -0.4 is 15.1 Å². The molecular formula is C31H22F6N6OS. The van der Waals surface area contributed by atoms with Crippen LogP contribution in [0.15, 0.2) is 78.1 Å². The summed E-state index contributed by atoms with van der Waals surface area (Å²) >= 11 is 5.43. The van der Waals surface area contributed by atoms with E-state index >= 15 is 0 Å². The van der Waals surface area contributed by atoms with E-state index in [0.29, 0.717) is 24.1 Å². The number of aliphatic hydroxyl groups excluding tert-OH is 1. The van der Waals surface area contributed by atoms with E-state index in [1.54, 1.807) is 30.3 Å². The maximum absolute atomic E-state index is 14.0. The second-order valence-electron chi connectivity index (χ2n) is 10.4. The number of alkyl halides is 6. The van der Waals surface area contributed by atoms with Gasteiger partial charge in [0, 0.05) is 17.1 Å². The lowest BCUT2D eigenvalue weighted by Gasteiger charge is -2.45. The maximum atomic E-state index is 14.0. The average molecular weight is 641 g/mol. The topological polar surface area (TPSA) is 98.7 Å². The first-order valence-corrected chi connectivity index (χ1v) is 13.8. The minimum absolute atomic E-state index is 0.00800. The van der Waals surface area contributed by atoms with Gasteiger partial charge in [0.15, 0.2) is 5.11 Å². The molecule has 1 saturated carbocycles. The zero-order valence-electron chi connectivity index (χ0n) is 23.2. The van der Waals surface area contributed by atoms with Crippen molar-refractivity contribution in [2.45, 2.75) is 43.8 Å². The number of nitrogens with one attached hydrogen (secondary N) is 1. The van der Waals surface area contributed by atoms with Gasteiger partial charge in [-0.15, -0.1) is 0 Å². The van der Waals surface area contributed by atoms with E-state index in [0.717, 1.165) is 30.7 Å². The summed E-state index contributed by atoms with van der Waals surface area (Å²) in [5.74, 6) is 0.411. The molecule has 230 valence electrons. The number of hydrogen-bond acceptors (Lipinski definition) is 5. The Bertz CT molecular complexity index is 1800. The van der Waals surface area contributed by atoms with E-state index < -0.39 is 40.1 Å². The fourth-order valence-electron chi connectivity index (χ4n) is 5.51. The summed E-state index contributed by atoms with van der Waals surface area (Å²) in [6, 6.07) is 16.0. The molecule has 1 aliphatic carbocycles. The number of nitriles is 2. The molecule has 7 nitrogen and oxygen atoms in total. The third-order valence-corrected chi connectivity index (χ3v) is 7.91. The van der Waals surface area contributed by atoms with E-state index in [4.69, 9.17) is 17.5 Å². The Kier molecular flexibility index (Phi) is 8.08. The average Bonchev–Trinajstić information content (AvgIpc) is 3.23. The molecule has 0 radical (unpaired) electrons. The van der Waals surface area contributed by atoms with Gasteiger partial charge in [0.05, 0.1) is 41.0 Å². The van der Waals surface area contributed by atoms with E-state index in [2.05, 4.69) is 16.9 Å². The lowest BCUT2D eigenvalue weighted by atomic mass is 9.74. The molecule has 2 aliphatic rings. The van der Waals surface area contributed by atoms with Gasteiger partial charge >= 0.3 is 12.4 Å². The summed E-state index contributed by atoms with van der Waals surface area (Å²) in [5.41, 5.74) is -3.31. The van der Waals surface area contributed by atoms with Crippen molar-refractivity contribution in [3.63, 3.8) is 0 Å². The molecule has 0 atom stereocenters. The Hall–Kier alpha value is -4.92. The Morgan fingerprint density at radius 1 is 0.911 bits per heavy atom. The molecule has 1 spiro atoms. The molecule has 2 N–H and O–H groups in total. The number of aliphatic imine (C=N–C) groups is 1. The first kappa shape index (κ1) is 31.5. The van der Waals surface area contributed by atoms with Gasteiger partial charge in [0.2, 0.25) is 0 Å². The standard InChI is InChI=1S/C31H22F6N6OS/c1-18-42(24-10-6-21(16-39)26(14-24)31(35,36)37)27(29(11-2-12-29)43(18)23-8-3-19(17-44)4-9-23)41-28(45)40-22-7-5-20(15-38)25(13-22)30(32,33)34/h3-10,13-14,44H,1-2,11-12,17H2,(H,40,45). The number of benzene rings is 3. The van der Waals surface area contributed by atoms with Crippen LogP contribution in [0.1, 0.15) is 47.1 Å². The molecule has 1 aliphatic heterocycles. The van der Waals surface area contributed by atoms with Crippen molar-refractivity contribution in [1.29, 1.82) is 10.5 Å². The molecule has 5 rings (SSSR count). The van der Waals surface area contributed by atoms with Crippen molar-refractivity contribution < 1.29 is 31.4 Å². The van der Waals surface area contributed by atoms with Crippen molar-refractivity contribution in [3.05, 3.63) is 101 Å². The smallest absolute Gasteiger partial charge is 0.392 e. The van der Waals surface area contributed by atoms with Gasteiger partial charge in [0.1, 0.15) is 17.2 Å². The number of thiocarbonyl (C=S) groups is 1. The minimum atomic E-state index is -4.85. The summed E-state index contributed by atoms with van der Waals surface area (Å²) < 4.78 is 82.6. The van der Waals surface area contributed by atoms with E-state index in [-0.39, 0.29) is 34.8 Å². The van der Waals surface area contributed by atoms with Crippen LogP contribution in [0.4, 0.5) is 43.4 Å². The third-order valence-electron chi connectivity index (χ3n) is 7.72. The SMILES string of the molecule is C=C1N(c2ccc(C#N)c(C(F)(F)F)c2)C(=NC(=S)Nc2ccc(C#N)c(C(F)(F)F)c2)C2(CCC2)N1c1ccc(CO)cc1. The van der Waals surface area contributed by atoms with Crippen LogP contribution >= 0.6 is 12.2 Å². The molecule has 1 saturated heterocycles. The van der Waals surface area contributed by atoms with Crippen molar-refractivity contribution >= 4 is 40.2 Å². The van der Waals surface area contributed by atoms with Crippen molar-refractivity contribution in [2.24, 2.45) is 4.99 Å². The van der Waals surface area contributed by atoms with E-state index in [1.807, 2.05) is 4.90 Å². The van der Waals surface area contributed by atoms with Gasteiger partial charge in [0.25, 0.3) is 0 Å². The van der Waals surface area contributed by atoms with Crippen molar-refractivity contribution in [1.82, 2.24) is 0 Å². The van der Waals surface area contributed by atoms with Crippen LogP contribution in [0, 0.1) is 22.7 Å². The van der Waals surface area contributed by atoms with E-state index in [9.17, 15) is 36.7 Å². The zero-order valence-corrected chi connectivity index (χ0v) is 24.0. The van der Waals surface area contributed by atoms with Crippen molar-refractivity contribution in [3.8, 4) is 12.1 Å². The van der Waals surface area contributed by atoms with Crippen LogP contribution in [0.3, 0.4) is 0 Å². The summed E-state index contributed by atoms with van der Waals surface area (Å²) in [5, 5.41) is 30.3. The van der Waals surface area contributed by atoms with Crippen LogP contribution in [-0.2, 0) is 19.0 Å². The zero-order chi connectivity index (χ0) is 32.7. The second kappa shape index (κ2) is 11.5. The number of amidine groups is 1. The molecule has 1 heterocycles. The Morgan fingerprint density at radius 3 is 1.98 bits per heavy atom. The van der Waals surface area contributed by atoms with Crippen LogP contribution in [0.5, 0.6) is 0 Å². The highest BCUT2D eigenvalue weighted by Gasteiger charge is 2.57. The lowest BCUT2D eigenvalue weighted by Crippen LogP contribution is -2.55. The minimum Gasteiger partial charge on any atom is -0.392 e. The normalized spacial score (nSPS) is 16.8. The van der Waals surface area contributed by atoms with Gasteiger partial charge in [-0.2, -0.15) is 36.9 Å². The fourth-order valence-corrected chi connectivity index (χ4v) is 5.72. The second-order valence-corrected chi connectivity index (χ2v) is 10.8. The number of anilines is 3. The Morgan fingerprint density at radius 2 is 1.47 bits per heavy atom. The molecule has 2 fully saturated rings.